The maximum absolute atomic E-state index is 14.0. The third kappa shape index (κ3) is 5.09. The molecule has 5 nitrogen and oxygen atoms in total. The average Bonchev–Trinajstić information content (AvgIpc) is 3.02. The Labute approximate surface area is 166 Å². The van der Waals surface area contributed by atoms with Crippen molar-refractivity contribution in [1.29, 1.82) is 0 Å². The van der Waals surface area contributed by atoms with Crippen LogP contribution in [0.4, 0.5) is 4.39 Å². The first-order valence-corrected chi connectivity index (χ1v) is 9.51. The van der Waals surface area contributed by atoms with Crippen molar-refractivity contribution in [3.8, 4) is 5.75 Å². The molecule has 1 aliphatic heterocycles. The van der Waals surface area contributed by atoms with E-state index in [1.165, 1.54) is 24.8 Å². The second-order valence-electron chi connectivity index (χ2n) is 7.63. The van der Waals surface area contributed by atoms with E-state index in [2.05, 4.69) is 27.2 Å². The predicted octanol–water partition coefficient (Wildman–Crippen LogP) is 2.63. The van der Waals surface area contributed by atoms with E-state index >= 15 is 0 Å². The Kier molecular flexibility index (Phi) is 6.65. The summed E-state index contributed by atoms with van der Waals surface area (Å²) in [5, 5.41) is 3.12. The number of nitrogens with zero attached hydrogens (tertiary/aromatic N) is 2. The van der Waals surface area contributed by atoms with Crippen molar-refractivity contribution >= 4 is 5.91 Å². The van der Waals surface area contributed by atoms with Gasteiger partial charge in [-0.1, -0.05) is 30.3 Å². The molecule has 0 bridgehead atoms. The van der Waals surface area contributed by atoms with Gasteiger partial charge in [-0.2, -0.15) is 0 Å². The number of hydrogen-bond acceptors (Lipinski definition) is 4. The fourth-order valence-electron chi connectivity index (χ4n) is 3.81. The molecule has 2 aromatic carbocycles. The van der Waals surface area contributed by atoms with Gasteiger partial charge in [-0.05, 0) is 37.9 Å². The van der Waals surface area contributed by atoms with Crippen LogP contribution >= 0.6 is 0 Å². The zero-order chi connectivity index (χ0) is 20.1. The molecule has 6 heteroatoms. The smallest absolute Gasteiger partial charge is 0.251 e. The van der Waals surface area contributed by atoms with Gasteiger partial charge in [0.1, 0.15) is 0 Å². The van der Waals surface area contributed by atoms with Gasteiger partial charge in [0.2, 0.25) is 0 Å². The van der Waals surface area contributed by atoms with E-state index in [0.29, 0.717) is 11.5 Å². The summed E-state index contributed by atoms with van der Waals surface area (Å²) in [7, 11) is 5.49. The largest absolute Gasteiger partial charge is 0.494 e. The average molecular weight is 385 g/mol. The Morgan fingerprint density at radius 2 is 1.96 bits per heavy atom. The monoisotopic (exact) mass is 385 g/mol. The summed E-state index contributed by atoms with van der Waals surface area (Å²) >= 11 is 0. The van der Waals surface area contributed by atoms with Crippen molar-refractivity contribution < 1.29 is 13.9 Å². The number of carbonyl (C=O) groups excluding carboxylic acids is 1. The molecular formula is C22H28FN3O2. The van der Waals surface area contributed by atoms with Crippen molar-refractivity contribution in [3.63, 3.8) is 0 Å². The first-order valence-electron chi connectivity index (χ1n) is 9.51. The number of nitrogens with one attached hydrogen (secondary N) is 1. The van der Waals surface area contributed by atoms with Crippen molar-refractivity contribution in [2.24, 2.45) is 5.92 Å². The van der Waals surface area contributed by atoms with Gasteiger partial charge in [-0.15, -0.1) is 0 Å². The third-order valence-electron chi connectivity index (χ3n) is 5.10. The topological polar surface area (TPSA) is 44.8 Å². The van der Waals surface area contributed by atoms with Crippen LogP contribution in [0, 0.1) is 11.7 Å². The SMILES string of the molecule is COc1ccc(C(=O)N[C@@H]2CN(Cc3ccccc3)C[C@H]2CN(C)C)cc1F. The Balaban J connectivity index is 1.68. The second kappa shape index (κ2) is 9.17. The zero-order valence-electron chi connectivity index (χ0n) is 16.7. The van der Waals surface area contributed by atoms with Crippen molar-refractivity contribution in [2.45, 2.75) is 12.6 Å². The van der Waals surface area contributed by atoms with Crippen LogP contribution in [0.25, 0.3) is 0 Å². The molecule has 1 aliphatic rings. The molecule has 0 aliphatic carbocycles. The number of amides is 1. The lowest BCUT2D eigenvalue weighted by atomic mass is 10.0. The van der Waals surface area contributed by atoms with Crippen LogP contribution in [0.2, 0.25) is 0 Å². The van der Waals surface area contributed by atoms with Crippen molar-refractivity contribution in [1.82, 2.24) is 15.1 Å². The zero-order valence-corrected chi connectivity index (χ0v) is 16.7. The number of methoxy groups -OCH3 is 1. The fraction of sp³-hybridized carbons (Fsp3) is 0.409. The molecule has 2 atom stereocenters. The lowest BCUT2D eigenvalue weighted by Crippen LogP contribution is -2.43. The van der Waals surface area contributed by atoms with Crippen molar-refractivity contribution in [2.75, 3.05) is 40.8 Å². The van der Waals surface area contributed by atoms with Gasteiger partial charge >= 0.3 is 0 Å². The highest BCUT2D eigenvalue weighted by Gasteiger charge is 2.34. The molecule has 0 aromatic heterocycles. The summed E-state index contributed by atoms with van der Waals surface area (Å²) in [5.74, 6) is -0.336. The highest BCUT2D eigenvalue weighted by atomic mass is 19.1. The lowest BCUT2D eigenvalue weighted by Gasteiger charge is -2.23. The van der Waals surface area contributed by atoms with E-state index in [4.69, 9.17) is 4.74 Å². The maximum Gasteiger partial charge on any atom is 0.251 e. The molecule has 3 rings (SSSR count). The fourth-order valence-corrected chi connectivity index (χ4v) is 3.81. The summed E-state index contributed by atoms with van der Waals surface area (Å²) < 4.78 is 18.9. The Bertz CT molecular complexity index is 798. The van der Waals surface area contributed by atoms with Crippen LogP contribution in [-0.4, -0.2) is 62.6 Å². The number of rotatable bonds is 7. The highest BCUT2D eigenvalue weighted by molar-refractivity contribution is 5.94. The Morgan fingerprint density at radius 1 is 1.21 bits per heavy atom. The maximum atomic E-state index is 14.0. The normalized spacial score (nSPS) is 19.8. The summed E-state index contributed by atoms with van der Waals surface area (Å²) in [6.45, 7) is 3.42. The van der Waals surface area contributed by atoms with Crippen LogP contribution in [0.15, 0.2) is 48.5 Å². The van der Waals surface area contributed by atoms with E-state index in [-0.39, 0.29) is 17.7 Å². The molecular weight excluding hydrogens is 357 g/mol. The number of benzene rings is 2. The Hall–Kier alpha value is -2.44. The molecule has 2 aromatic rings. The van der Waals surface area contributed by atoms with E-state index < -0.39 is 5.82 Å². The molecule has 28 heavy (non-hydrogen) atoms. The standard InChI is InChI=1S/C22H28FN3O2/c1-25(2)13-18-14-26(12-16-7-5-4-6-8-16)15-20(18)24-22(27)17-9-10-21(28-3)19(23)11-17/h4-11,18,20H,12-15H2,1-3H3,(H,24,27)/t18-,20-/m1/s1. The van der Waals surface area contributed by atoms with E-state index in [0.717, 1.165) is 26.2 Å². The van der Waals surface area contributed by atoms with Gasteiger partial charge < -0.3 is 15.0 Å². The summed E-state index contributed by atoms with van der Waals surface area (Å²) in [5.41, 5.74) is 1.57. The minimum Gasteiger partial charge on any atom is -0.494 e. The summed E-state index contributed by atoms with van der Waals surface area (Å²) in [6.07, 6.45) is 0. The number of ether oxygens (including phenoxy) is 1. The quantitative estimate of drug-likeness (QED) is 0.796. The number of halogens is 1. The van der Waals surface area contributed by atoms with Crippen molar-refractivity contribution in [3.05, 3.63) is 65.5 Å². The van der Waals surface area contributed by atoms with Gasteiger partial charge in [-0.25, -0.2) is 4.39 Å². The lowest BCUT2D eigenvalue weighted by molar-refractivity contribution is 0.0926. The molecule has 150 valence electrons. The molecule has 1 N–H and O–H groups in total. The number of hydrogen-bond donors (Lipinski definition) is 1. The molecule has 0 radical (unpaired) electrons. The molecule has 0 unspecified atom stereocenters. The van der Waals surface area contributed by atoms with Gasteiger partial charge in [0, 0.05) is 43.7 Å². The van der Waals surface area contributed by atoms with Crippen LogP contribution < -0.4 is 10.1 Å². The molecule has 0 spiro atoms. The number of likely N-dealkylation sites (tertiary alicyclic amines) is 1. The van der Waals surface area contributed by atoms with Gasteiger partial charge in [-0.3, -0.25) is 9.69 Å². The molecule has 0 saturated carbocycles. The minimum atomic E-state index is -0.530. The summed E-state index contributed by atoms with van der Waals surface area (Å²) in [4.78, 5) is 17.2. The van der Waals surface area contributed by atoms with E-state index in [1.807, 2.05) is 32.3 Å². The summed E-state index contributed by atoms with van der Waals surface area (Å²) in [6, 6.07) is 14.7. The minimum absolute atomic E-state index is 0.0174. The Morgan fingerprint density at radius 3 is 2.61 bits per heavy atom. The van der Waals surface area contributed by atoms with E-state index in [9.17, 15) is 9.18 Å². The van der Waals surface area contributed by atoms with Crippen LogP contribution in [0.3, 0.4) is 0 Å². The third-order valence-corrected chi connectivity index (χ3v) is 5.10. The first kappa shape index (κ1) is 20.3. The van der Waals surface area contributed by atoms with E-state index in [1.54, 1.807) is 6.07 Å². The predicted molar refractivity (Wildman–Crippen MR) is 108 cm³/mol. The van der Waals surface area contributed by atoms with Gasteiger partial charge in [0.15, 0.2) is 11.6 Å². The second-order valence-corrected chi connectivity index (χ2v) is 7.63. The molecule has 1 amide bonds. The molecule has 1 fully saturated rings. The van der Waals surface area contributed by atoms with Crippen LogP contribution in [0.5, 0.6) is 5.75 Å². The number of carbonyl (C=O) groups is 1. The molecule has 1 heterocycles. The highest BCUT2D eigenvalue weighted by Crippen LogP contribution is 2.22. The van der Waals surface area contributed by atoms with Crippen LogP contribution in [-0.2, 0) is 6.54 Å². The first-order chi connectivity index (χ1) is 13.5. The molecule has 1 saturated heterocycles. The van der Waals surface area contributed by atoms with Gasteiger partial charge in [0.25, 0.3) is 5.91 Å². The van der Waals surface area contributed by atoms with Gasteiger partial charge in [0.05, 0.1) is 7.11 Å². The van der Waals surface area contributed by atoms with Crippen LogP contribution in [0.1, 0.15) is 15.9 Å².